The minimum Gasteiger partial charge on any atom is -0.384 e. The van der Waals surface area contributed by atoms with Crippen molar-refractivity contribution < 1.29 is 9.84 Å². The van der Waals surface area contributed by atoms with Crippen LogP contribution in [0, 0.1) is 5.92 Å². The SMILES string of the molecule is CCCn1nncc1C(O)C(OC)C(C)C. The number of ether oxygens (including phenoxy) is 1. The van der Waals surface area contributed by atoms with E-state index in [1.54, 1.807) is 18.0 Å². The second-order valence-electron chi connectivity index (χ2n) is 4.27. The highest BCUT2D eigenvalue weighted by atomic mass is 16.5. The van der Waals surface area contributed by atoms with Crippen LogP contribution in [0.1, 0.15) is 39.0 Å². The molecule has 0 aliphatic heterocycles. The molecule has 0 saturated heterocycles. The number of aliphatic hydroxyl groups excluding tert-OH is 1. The number of methoxy groups -OCH3 is 1. The highest BCUT2D eigenvalue weighted by Gasteiger charge is 2.26. The highest BCUT2D eigenvalue weighted by Crippen LogP contribution is 2.23. The Hall–Kier alpha value is -0.940. The van der Waals surface area contributed by atoms with Gasteiger partial charge in [-0.1, -0.05) is 26.0 Å². The Labute approximate surface area is 96.4 Å². The minimum atomic E-state index is -0.674. The summed E-state index contributed by atoms with van der Waals surface area (Å²) in [5, 5.41) is 18.0. The molecule has 0 amide bonds. The van der Waals surface area contributed by atoms with Crippen molar-refractivity contribution in [2.45, 2.75) is 45.9 Å². The Morgan fingerprint density at radius 2 is 2.19 bits per heavy atom. The monoisotopic (exact) mass is 227 g/mol. The van der Waals surface area contributed by atoms with Gasteiger partial charge >= 0.3 is 0 Å². The van der Waals surface area contributed by atoms with Crippen LogP contribution >= 0.6 is 0 Å². The Bertz CT molecular complexity index is 312. The molecular weight excluding hydrogens is 206 g/mol. The first kappa shape index (κ1) is 13.1. The third-order valence-corrected chi connectivity index (χ3v) is 2.63. The lowest BCUT2D eigenvalue weighted by Crippen LogP contribution is -2.28. The molecule has 0 bridgehead atoms. The molecule has 2 atom stereocenters. The van der Waals surface area contributed by atoms with E-state index in [4.69, 9.17) is 4.74 Å². The molecule has 0 fully saturated rings. The Morgan fingerprint density at radius 1 is 1.50 bits per heavy atom. The maximum absolute atomic E-state index is 10.2. The quantitative estimate of drug-likeness (QED) is 0.798. The van der Waals surface area contributed by atoms with Gasteiger partial charge < -0.3 is 9.84 Å². The zero-order valence-corrected chi connectivity index (χ0v) is 10.4. The first-order valence-electron chi connectivity index (χ1n) is 5.71. The summed E-state index contributed by atoms with van der Waals surface area (Å²) in [5.74, 6) is 0.241. The van der Waals surface area contributed by atoms with Gasteiger partial charge in [-0.15, -0.1) is 5.10 Å². The van der Waals surface area contributed by atoms with Crippen LogP contribution in [0.3, 0.4) is 0 Å². The Kier molecular flexibility index (Phi) is 4.89. The van der Waals surface area contributed by atoms with Crippen molar-refractivity contribution in [3.63, 3.8) is 0 Å². The number of nitrogens with zero attached hydrogens (tertiary/aromatic N) is 3. The summed E-state index contributed by atoms with van der Waals surface area (Å²) < 4.78 is 7.05. The maximum Gasteiger partial charge on any atom is 0.124 e. The largest absolute Gasteiger partial charge is 0.384 e. The molecule has 5 heteroatoms. The van der Waals surface area contributed by atoms with Gasteiger partial charge in [0, 0.05) is 13.7 Å². The Morgan fingerprint density at radius 3 is 2.69 bits per heavy atom. The lowest BCUT2D eigenvalue weighted by molar-refractivity contribution is -0.0428. The summed E-state index contributed by atoms with van der Waals surface area (Å²) in [4.78, 5) is 0. The van der Waals surface area contributed by atoms with E-state index in [1.807, 2.05) is 13.8 Å². The number of aryl methyl sites for hydroxylation is 1. The second-order valence-corrected chi connectivity index (χ2v) is 4.27. The van der Waals surface area contributed by atoms with Gasteiger partial charge in [0.25, 0.3) is 0 Å². The fourth-order valence-corrected chi connectivity index (χ4v) is 1.81. The first-order chi connectivity index (χ1) is 7.61. The highest BCUT2D eigenvalue weighted by molar-refractivity contribution is 5.02. The van der Waals surface area contributed by atoms with Gasteiger partial charge in [-0.2, -0.15) is 0 Å². The summed E-state index contributed by atoms with van der Waals surface area (Å²) in [6.07, 6.45) is 1.66. The molecule has 1 aromatic rings. The van der Waals surface area contributed by atoms with Gasteiger partial charge in [0.2, 0.25) is 0 Å². The van der Waals surface area contributed by atoms with Crippen molar-refractivity contribution in [1.82, 2.24) is 15.0 Å². The zero-order chi connectivity index (χ0) is 12.1. The summed E-state index contributed by atoms with van der Waals surface area (Å²) in [6.45, 7) is 6.87. The Balaban J connectivity index is 2.85. The molecule has 1 aromatic heterocycles. The molecule has 2 unspecified atom stereocenters. The third kappa shape index (κ3) is 2.80. The normalized spacial score (nSPS) is 15.4. The van der Waals surface area contributed by atoms with Crippen LogP contribution < -0.4 is 0 Å². The molecule has 1 N–H and O–H groups in total. The van der Waals surface area contributed by atoms with E-state index in [1.165, 1.54) is 0 Å². The van der Waals surface area contributed by atoms with Crippen molar-refractivity contribution >= 4 is 0 Å². The molecule has 92 valence electrons. The topological polar surface area (TPSA) is 60.2 Å². The maximum atomic E-state index is 10.2. The smallest absolute Gasteiger partial charge is 0.124 e. The van der Waals surface area contributed by atoms with Crippen LogP contribution in [0.25, 0.3) is 0 Å². The van der Waals surface area contributed by atoms with Crippen molar-refractivity contribution in [2.24, 2.45) is 5.92 Å². The molecule has 0 aromatic carbocycles. The van der Waals surface area contributed by atoms with Gasteiger partial charge in [0.1, 0.15) is 6.10 Å². The summed E-state index contributed by atoms with van der Waals surface area (Å²) in [6, 6.07) is 0. The number of rotatable bonds is 6. The van der Waals surface area contributed by atoms with Crippen LogP contribution in [0.4, 0.5) is 0 Å². The fraction of sp³-hybridized carbons (Fsp3) is 0.818. The second kappa shape index (κ2) is 5.96. The lowest BCUT2D eigenvalue weighted by atomic mass is 9.99. The van der Waals surface area contributed by atoms with E-state index < -0.39 is 6.10 Å². The standard InChI is InChI=1S/C11H21N3O2/c1-5-6-14-9(7-12-13-14)10(15)11(16-4)8(2)3/h7-8,10-11,15H,5-6H2,1-4H3. The first-order valence-corrected chi connectivity index (χ1v) is 5.71. The van der Waals surface area contributed by atoms with Crippen LogP contribution in [0.2, 0.25) is 0 Å². The number of hydrogen-bond acceptors (Lipinski definition) is 4. The molecule has 1 heterocycles. The summed E-state index contributed by atoms with van der Waals surface area (Å²) >= 11 is 0. The van der Waals surface area contributed by atoms with Crippen LogP contribution in [0.5, 0.6) is 0 Å². The van der Waals surface area contributed by atoms with Gasteiger partial charge in [-0.3, -0.25) is 0 Å². The zero-order valence-electron chi connectivity index (χ0n) is 10.4. The molecule has 0 saturated carbocycles. The van der Waals surface area contributed by atoms with Gasteiger partial charge in [-0.25, -0.2) is 4.68 Å². The fourth-order valence-electron chi connectivity index (χ4n) is 1.81. The van der Waals surface area contributed by atoms with Gasteiger partial charge in [-0.05, 0) is 12.3 Å². The van der Waals surface area contributed by atoms with E-state index in [9.17, 15) is 5.11 Å². The third-order valence-electron chi connectivity index (χ3n) is 2.63. The molecule has 0 aliphatic rings. The predicted molar refractivity (Wildman–Crippen MR) is 60.9 cm³/mol. The molecule has 5 nitrogen and oxygen atoms in total. The van der Waals surface area contributed by atoms with Crippen molar-refractivity contribution in [3.05, 3.63) is 11.9 Å². The van der Waals surface area contributed by atoms with Gasteiger partial charge in [0.15, 0.2) is 0 Å². The minimum absolute atomic E-state index is 0.228. The average Bonchev–Trinajstić information content (AvgIpc) is 2.66. The number of hydrogen-bond donors (Lipinski definition) is 1. The van der Waals surface area contributed by atoms with Crippen molar-refractivity contribution in [3.8, 4) is 0 Å². The average molecular weight is 227 g/mol. The molecule has 16 heavy (non-hydrogen) atoms. The van der Waals surface area contributed by atoms with Crippen LogP contribution in [-0.4, -0.2) is 33.3 Å². The number of aliphatic hydroxyl groups is 1. The van der Waals surface area contributed by atoms with Crippen LogP contribution in [-0.2, 0) is 11.3 Å². The molecule has 0 spiro atoms. The van der Waals surface area contributed by atoms with Gasteiger partial charge in [0.05, 0.1) is 18.0 Å². The van der Waals surface area contributed by atoms with Crippen molar-refractivity contribution in [1.29, 1.82) is 0 Å². The molecule has 0 aliphatic carbocycles. The van der Waals surface area contributed by atoms with E-state index in [-0.39, 0.29) is 12.0 Å². The van der Waals surface area contributed by atoms with E-state index in [0.29, 0.717) is 0 Å². The van der Waals surface area contributed by atoms with E-state index in [2.05, 4.69) is 17.2 Å². The number of aromatic nitrogens is 3. The molecule has 1 rings (SSSR count). The van der Waals surface area contributed by atoms with Crippen molar-refractivity contribution in [2.75, 3.05) is 7.11 Å². The molecule has 0 radical (unpaired) electrons. The predicted octanol–water partition coefficient (Wildman–Crippen LogP) is 1.39. The molecular formula is C11H21N3O2. The summed E-state index contributed by atoms with van der Waals surface area (Å²) in [5.41, 5.74) is 0.724. The lowest BCUT2D eigenvalue weighted by Gasteiger charge is -2.24. The van der Waals surface area contributed by atoms with E-state index >= 15 is 0 Å². The summed E-state index contributed by atoms with van der Waals surface area (Å²) in [7, 11) is 1.61. The van der Waals surface area contributed by atoms with E-state index in [0.717, 1.165) is 18.7 Å². The van der Waals surface area contributed by atoms with Crippen LogP contribution in [0.15, 0.2) is 6.20 Å².